The van der Waals surface area contributed by atoms with Crippen LogP contribution in [0.25, 0.3) is 0 Å². The van der Waals surface area contributed by atoms with Gasteiger partial charge in [0, 0.05) is 3.57 Å². The summed E-state index contributed by atoms with van der Waals surface area (Å²) in [6.07, 6.45) is 42.7. The molecule has 0 bridgehead atoms. The van der Waals surface area contributed by atoms with Gasteiger partial charge in [-0.1, -0.05) is 216 Å². The van der Waals surface area contributed by atoms with Crippen LogP contribution in [0.5, 0.6) is 0 Å². The number of quaternary nitrogens is 2. The van der Waals surface area contributed by atoms with Crippen molar-refractivity contribution in [3.05, 3.63) is 63.2 Å². The third kappa shape index (κ3) is 48.4. The molecule has 74 heavy (non-hydrogen) atoms. The summed E-state index contributed by atoms with van der Waals surface area (Å²) < 4.78 is 45.8. The van der Waals surface area contributed by atoms with Crippen LogP contribution in [-0.2, 0) is 40.1 Å². The van der Waals surface area contributed by atoms with Gasteiger partial charge in [0.25, 0.3) is 15.6 Å². The summed E-state index contributed by atoms with van der Waals surface area (Å²) in [5, 5.41) is 18.3. The number of rotatable bonds is 49. The molecule has 2 aromatic rings. The zero-order chi connectivity index (χ0) is 54.7. The van der Waals surface area contributed by atoms with E-state index in [1.807, 2.05) is 54.4 Å². The average Bonchev–Trinajstić information content (AvgIpc) is 3.33. The minimum absolute atomic E-state index is 0.156. The van der Waals surface area contributed by atoms with Gasteiger partial charge in [-0.15, -0.1) is 0 Å². The second-order valence-corrected chi connectivity index (χ2v) is 26.9. The Labute approximate surface area is 467 Å². The van der Waals surface area contributed by atoms with Crippen LogP contribution in [0.4, 0.5) is 0 Å². The van der Waals surface area contributed by atoms with Gasteiger partial charge in [-0.2, -0.15) is 0 Å². The zero-order valence-corrected chi connectivity index (χ0v) is 51.8. The molecule has 2 rings (SSSR count). The molecule has 0 aliphatic carbocycles. The number of phosphoric ester groups is 2. The molecule has 0 aromatic heterocycles. The number of aryl methyl sites for hydroxylation is 2. The molecule has 0 saturated carbocycles. The molecule has 0 amide bonds. The summed E-state index contributed by atoms with van der Waals surface area (Å²) in [5.74, 6) is 0. The molecule has 0 fully saturated rings. The first-order valence-electron chi connectivity index (χ1n) is 29.3. The molecule has 12 nitrogen and oxygen atoms in total. The number of unbranched alkanes of at least 4 members (excludes halogenated alkanes) is 30. The molecule has 0 spiro atoms. The van der Waals surface area contributed by atoms with Gasteiger partial charge in [-0.3, -0.25) is 9.13 Å². The third-order valence-electron chi connectivity index (χ3n) is 13.4. The molecule has 2 aromatic carbocycles. The van der Waals surface area contributed by atoms with E-state index in [1.54, 1.807) is 12.1 Å². The van der Waals surface area contributed by atoms with Crippen molar-refractivity contribution < 1.29 is 56.0 Å². The van der Waals surface area contributed by atoms with E-state index >= 15 is 0 Å². The number of halogens is 1. The second-order valence-electron chi connectivity index (χ2n) is 22.8. The van der Waals surface area contributed by atoms with E-state index in [-0.39, 0.29) is 26.4 Å². The lowest BCUT2D eigenvalue weighted by Gasteiger charge is -2.27. The third-order valence-corrected chi connectivity index (χ3v) is 16.1. The number of hydrogen-bond donors (Lipinski definition) is 2. The summed E-state index contributed by atoms with van der Waals surface area (Å²) in [5.41, 5.74) is 3.30. The molecule has 2 unspecified atom stereocenters. The Balaban J connectivity index is 0.000000741. The molecule has 0 heterocycles. The Morgan fingerprint density at radius 2 is 0.622 bits per heavy atom. The van der Waals surface area contributed by atoms with Crippen LogP contribution in [0.1, 0.15) is 217 Å². The average molecular weight is 1190 g/mol. The van der Waals surface area contributed by atoms with Gasteiger partial charge in [0.1, 0.15) is 26.3 Å². The smallest absolute Gasteiger partial charge is 0.488 e. The molecule has 0 aliphatic rings. The zero-order valence-electron chi connectivity index (χ0n) is 47.8. The predicted molar refractivity (Wildman–Crippen MR) is 315 cm³/mol. The molecule has 16 heteroatoms. The summed E-state index contributed by atoms with van der Waals surface area (Å²) in [6.45, 7) is 2.03. The molecular weight excluding hydrogens is 1080 g/mol. The van der Waals surface area contributed by atoms with Gasteiger partial charge >= 0.3 is 7.12 Å². The number of hydrogen-bond acceptors (Lipinski definition) is 10. The van der Waals surface area contributed by atoms with Crippen LogP contribution in [0.3, 0.4) is 0 Å². The SMILES string of the molecule is C[N+](C)(C)CCOP(=O)([O-])OCCCCCCCCCCCCCCCCCCc1ccc(B(O)O)cc1.C[N+](C)(C)CCOP(=O)([O-])OCCCCCCCCCCCCCCCCCCc1ccc([125I])cc1. The lowest BCUT2D eigenvalue weighted by atomic mass is 9.80. The lowest BCUT2D eigenvalue weighted by molar-refractivity contribution is -0.870. The highest BCUT2D eigenvalue weighted by Crippen LogP contribution is 2.39. The van der Waals surface area contributed by atoms with Crippen molar-refractivity contribution in [1.29, 1.82) is 0 Å². The monoisotopic (exact) mass is 1190 g/mol. The molecule has 2 atom stereocenters. The maximum Gasteiger partial charge on any atom is 0.488 e. The van der Waals surface area contributed by atoms with Crippen molar-refractivity contribution in [2.24, 2.45) is 0 Å². The standard InChI is InChI=1S/C29H55BNO6P.C29H53INO4P/c1-31(2,3)25-27-37-38(34,35)36-26-19-17-15-13-11-9-7-5-4-6-8-10-12-14-16-18-20-28-21-23-29(24-22-28)30(32)33;1-31(2,3)25-27-35-36(32,33)34-26-19-17-15-13-11-9-7-5-4-6-8-10-12-14-16-18-20-28-21-23-29(30)24-22-28/h21-24,32-33H,4-20,25-27H2,1-3H3;21-24H,4-20,25-27H2,1-3H3/i;30-2. The van der Waals surface area contributed by atoms with Crippen molar-refractivity contribution in [1.82, 2.24) is 0 Å². The van der Waals surface area contributed by atoms with Crippen LogP contribution < -0.4 is 15.2 Å². The van der Waals surface area contributed by atoms with Crippen molar-refractivity contribution in [3.8, 4) is 0 Å². The lowest BCUT2D eigenvalue weighted by Crippen LogP contribution is -2.37. The maximum atomic E-state index is 11.7. The van der Waals surface area contributed by atoms with Crippen LogP contribution in [0.15, 0.2) is 48.5 Å². The predicted octanol–water partition coefficient (Wildman–Crippen LogP) is 13.6. The number of likely N-dealkylation sites (N-methyl/N-ethyl adjacent to an activating group) is 2. The van der Waals surface area contributed by atoms with Gasteiger partial charge in [-0.25, -0.2) is 0 Å². The Bertz CT molecular complexity index is 1680. The largest absolute Gasteiger partial charge is 0.756 e. The number of benzene rings is 2. The fourth-order valence-corrected chi connectivity index (χ4v) is 10.4. The van der Waals surface area contributed by atoms with Crippen LogP contribution >= 0.6 is 38.2 Å². The summed E-state index contributed by atoms with van der Waals surface area (Å²) >= 11 is 2.37. The fourth-order valence-electron chi connectivity index (χ4n) is 8.60. The maximum absolute atomic E-state index is 11.7. The van der Waals surface area contributed by atoms with Gasteiger partial charge in [0.15, 0.2) is 0 Å². The van der Waals surface area contributed by atoms with Crippen molar-refractivity contribution in [3.63, 3.8) is 0 Å². The Morgan fingerprint density at radius 1 is 0.392 bits per heavy atom. The normalized spacial score (nSPS) is 13.6. The minimum Gasteiger partial charge on any atom is -0.756 e. The molecule has 2 N–H and O–H groups in total. The molecule has 0 aliphatic heterocycles. The van der Waals surface area contributed by atoms with Crippen LogP contribution in [-0.4, -0.2) is 108 Å². The topological polar surface area (TPSA) is 158 Å². The van der Waals surface area contributed by atoms with Crippen molar-refractivity contribution in [2.75, 3.05) is 81.8 Å². The molecule has 0 radical (unpaired) electrons. The Hall–Kier alpha value is -0.705. The van der Waals surface area contributed by atoms with E-state index in [1.165, 1.54) is 188 Å². The van der Waals surface area contributed by atoms with Crippen LogP contribution in [0.2, 0.25) is 0 Å². The van der Waals surface area contributed by atoms with Gasteiger partial charge in [0.05, 0.1) is 55.5 Å². The second kappa shape index (κ2) is 45.1. The van der Waals surface area contributed by atoms with Crippen molar-refractivity contribution >= 4 is 50.8 Å². The molecule has 430 valence electrons. The highest BCUT2D eigenvalue weighted by atomic mass is 125. The van der Waals surface area contributed by atoms with Crippen molar-refractivity contribution in [2.45, 2.75) is 218 Å². The van der Waals surface area contributed by atoms with Gasteiger partial charge in [-0.05, 0) is 89.8 Å². The van der Waals surface area contributed by atoms with Gasteiger partial charge < -0.3 is 46.9 Å². The summed E-state index contributed by atoms with van der Waals surface area (Å²) in [7, 11) is 2.29. The van der Waals surface area contributed by atoms with E-state index in [0.29, 0.717) is 27.5 Å². The van der Waals surface area contributed by atoms with Gasteiger partial charge in [0.2, 0.25) is 0 Å². The Kier molecular flexibility index (Phi) is 43.4. The number of nitrogens with zero attached hydrogens (tertiary/aromatic N) is 2. The molecular formula is C58H108BIN2O10P2. The fraction of sp³-hybridized carbons (Fsp3) is 0.793. The van der Waals surface area contributed by atoms with E-state index in [9.17, 15) is 18.9 Å². The highest BCUT2D eigenvalue weighted by molar-refractivity contribution is 14.1. The van der Waals surface area contributed by atoms with Crippen LogP contribution in [0, 0.1) is 3.57 Å². The highest BCUT2D eigenvalue weighted by Gasteiger charge is 2.15. The summed E-state index contributed by atoms with van der Waals surface area (Å²) in [6, 6.07) is 16.5. The molecule has 0 saturated heterocycles. The first kappa shape index (κ1) is 71.3. The number of phosphoric acid groups is 2. The Morgan fingerprint density at radius 3 is 0.878 bits per heavy atom. The van der Waals surface area contributed by atoms with E-state index in [4.69, 9.17) is 28.1 Å². The van der Waals surface area contributed by atoms with E-state index in [2.05, 4.69) is 46.9 Å². The first-order chi connectivity index (χ1) is 35.3. The van der Waals surface area contributed by atoms with E-state index in [0.717, 1.165) is 44.9 Å². The summed E-state index contributed by atoms with van der Waals surface area (Å²) in [4.78, 5) is 23.4. The minimum atomic E-state index is -4.16. The first-order valence-corrected chi connectivity index (χ1v) is 33.3. The van der Waals surface area contributed by atoms with E-state index < -0.39 is 22.8 Å². The quantitative estimate of drug-likeness (QED) is 0.0215.